The van der Waals surface area contributed by atoms with E-state index >= 15 is 0 Å². The zero-order valence-corrected chi connectivity index (χ0v) is 64.1. The molecule has 0 spiro atoms. The molecular weight excluding hydrogens is 1330 g/mol. The molecule has 12 N–H and O–H groups in total. The number of nitrogens with one attached hydrogen (secondary N) is 1. The summed E-state index contributed by atoms with van der Waals surface area (Å²) in [5.41, 5.74) is 0. The summed E-state index contributed by atoms with van der Waals surface area (Å²) >= 11 is 0. The second-order valence-corrected chi connectivity index (χ2v) is 28.1. The maximum atomic E-state index is 13.5. The summed E-state index contributed by atoms with van der Waals surface area (Å²) in [6.45, 7) is 1.59. The molecule has 0 bridgehead atoms. The van der Waals surface area contributed by atoms with Crippen LogP contribution >= 0.6 is 0 Å². The molecule has 0 aromatic carbocycles. The fourth-order valence-electron chi connectivity index (χ4n) is 12.6. The first kappa shape index (κ1) is 94.9. The van der Waals surface area contributed by atoms with Gasteiger partial charge in [-0.3, -0.25) is 4.79 Å². The molecule has 0 radical (unpaired) electrons. The average molecular weight is 1480 g/mol. The van der Waals surface area contributed by atoms with E-state index in [1.807, 2.05) is 6.08 Å². The molecule has 3 aliphatic rings. The monoisotopic (exact) mass is 1480 g/mol. The van der Waals surface area contributed by atoms with Crippen LogP contribution in [0.2, 0.25) is 0 Å². The number of aliphatic hydroxyl groups is 11. The van der Waals surface area contributed by atoms with E-state index in [1.165, 1.54) is 109 Å². The van der Waals surface area contributed by atoms with Crippen LogP contribution in [-0.2, 0) is 33.2 Å². The second-order valence-electron chi connectivity index (χ2n) is 28.1. The number of aliphatic hydroxyl groups excluding tert-OH is 11. The normalized spacial score (nSPS) is 26.6. The standard InChI is InChI=1S/C86H143NO18/c1-3-5-7-9-11-13-15-17-19-21-23-24-25-26-27-28-29-30-31-32-33-34-35-36-37-38-39-40-41-42-43-44-46-48-50-52-54-56-58-60-62-64-74(92)87-69(70(91)63-61-59-57-55-53-51-49-47-45-22-20-18-16-14-12-10-8-6-4-2)68-100-84-80(98)77(95)82(72(66-89)102-84)105-86-81(99)78(96)83(73(67-90)103-86)104-85-79(97)76(94)75(93)71(65-88)101-85/h5,7,11,13,17,19,23-24,26-27,29-30,32-33,35-36,38-39,45,47,53,55,61,63,69-73,75-86,88-91,93-99H,3-4,6,8-10,12,14-16,18,20-22,25,28,31,34,37,40-44,46,48-52,54,56-60,62,64-68H2,1-2H3,(H,87,92)/b7-5-,13-11-,19-17-,24-23-,27-26-,30-29-,33-32-,36-35-,39-38-,47-45+,55-53+,63-61+. The number of hydrogen-bond donors (Lipinski definition) is 12. The van der Waals surface area contributed by atoms with Crippen molar-refractivity contribution in [1.29, 1.82) is 0 Å². The van der Waals surface area contributed by atoms with Gasteiger partial charge in [0.15, 0.2) is 18.9 Å². The molecule has 17 unspecified atom stereocenters. The van der Waals surface area contributed by atoms with Crippen LogP contribution in [0.5, 0.6) is 0 Å². The topological polar surface area (TPSA) is 307 Å². The van der Waals surface area contributed by atoms with Gasteiger partial charge in [-0.15, -0.1) is 0 Å². The summed E-state index contributed by atoms with van der Waals surface area (Å²) in [6.07, 6.45) is 66.9. The lowest BCUT2D eigenvalue weighted by Gasteiger charge is -2.48. The minimum atomic E-state index is -1.99. The number of amides is 1. The molecule has 0 aliphatic carbocycles. The molecule has 17 atom stereocenters. The Morgan fingerprint density at radius 3 is 1.07 bits per heavy atom. The van der Waals surface area contributed by atoms with Crippen molar-refractivity contribution in [3.63, 3.8) is 0 Å². The van der Waals surface area contributed by atoms with Crippen molar-refractivity contribution in [2.24, 2.45) is 0 Å². The Morgan fingerprint density at radius 1 is 0.352 bits per heavy atom. The van der Waals surface area contributed by atoms with Crippen LogP contribution in [0, 0.1) is 0 Å². The molecule has 0 aromatic heterocycles. The number of carbonyl (C=O) groups excluding carboxylic acids is 1. The van der Waals surface area contributed by atoms with Crippen LogP contribution in [-0.4, -0.2) is 193 Å². The number of rotatable bonds is 62. The third-order valence-electron chi connectivity index (χ3n) is 19.1. The smallest absolute Gasteiger partial charge is 0.220 e. The Balaban J connectivity index is 1.34. The van der Waals surface area contributed by atoms with Gasteiger partial charge >= 0.3 is 0 Å². The highest BCUT2D eigenvalue weighted by Gasteiger charge is 2.54. The van der Waals surface area contributed by atoms with E-state index in [-0.39, 0.29) is 18.9 Å². The number of unbranched alkanes of at least 4 members (excludes halogenated alkanes) is 24. The largest absolute Gasteiger partial charge is 0.394 e. The zero-order valence-electron chi connectivity index (χ0n) is 64.1. The molecule has 1 amide bonds. The zero-order chi connectivity index (χ0) is 76.0. The Morgan fingerprint density at radius 2 is 0.667 bits per heavy atom. The van der Waals surface area contributed by atoms with Crippen LogP contribution in [0.15, 0.2) is 146 Å². The lowest BCUT2D eigenvalue weighted by molar-refractivity contribution is -0.379. The number of hydrogen-bond acceptors (Lipinski definition) is 18. The van der Waals surface area contributed by atoms with Crippen LogP contribution < -0.4 is 5.32 Å². The van der Waals surface area contributed by atoms with Crippen LogP contribution in [0.25, 0.3) is 0 Å². The van der Waals surface area contributed by atoms with Gasteiger partial charge in [-0.25, -0.2) is 0 Å². The Bertz CT molecular complexity index is 2470. The summed E-state index contributed by atoms with van der Waals surface area (Å²) in [7, 11) is 0. The minimum absolute atomic E-state index is 0.222. The van der Waals surface area contributed by atoms with E-state index in [0.29, 0.717) is 12.8 Å². The van der Waals surface area contributed by atoms with Crippen LogP contribution in [0.4, 0.5) is 0 Å². The van der Waals surface area contributed by atoms with E-state index in [0.717, 1.165) is 116 Å². The third kappa shape index (κ3) is 44.2. The maximum absolute atomic E-state index is 13.5. The Labute approximate surface area is 632 Å². The summed E-state index contributed by atoms with van der Waals surface area (Å²) in [6, 6.07) is -1.01. The Kier molecular flexibility index (Phi) is 58.3. The van der Waals surface area contributed by atoms with E-state index in [4.69, 9.17) is 28.4 Å². The quantitative estimate of drug-likeness (QED) is 0.0199. The predicted molar refractivity (Wildman–Crippen MR) is 419 cm³/mol. The van der Waals surface area contributed by atoms with Gasteiger partial charge in [0, 0.05) is 6.42 Å². The van der Waals surface area contributed by atoms with Gasteiger partial charge in [-0.2, -0.15) is 0 Å². The van der Waals surface area contributed by atoms with Gasteiger partial charge in [0.1, 0.15) is 73.2 Å². The average Bonchev–Trinajstić information content (AvgIpc) is 0.781. The molecule has 19 heteroatoms. The summed E-state index contributed by atoms with van der Waals surface area (Å²) < 4.78 is 34.4. The minimum Gasteiger partial charge on any atom is -0.394 e. The fraction of sp³-hybridized carbons (Fsp3) is 0.709. The van der Waals surface area contributed by atoms with Gasteiger partial charge in [0.05, 0.1) is 38.6 Å². The number of ether oxygens (including phenoxy) is 6. The summed E-state index contributed by atoms with van der Waals surface area (Å²) in [5.74, 6) is -0.295. The van der Waals surface area contributed by atoms with E-state index < -0.39 is 124 Å². The maximum Gasteiger partial charge on any atom is 0.220 e. The molecule has 3 fully saturated rings. The molecule has 0 aromatic rings. The van der Waals surface area contributed by atoms with Crippen molar-refractivity contribution in [3.8, 4) is 0 Å². The van der Waals surface area contributed by atoms with Crippen molar-refractivity contribution in [3.05, 3.63) is 146 Å². The summed E-state index contributed by atoms with van der Waals surface area (Å²) in [5, 5.41) is 121. The number of carbonyl (C=O) groups is 1. The number of allylic oxidation sites excluding steroid dienone is 23. The van der Waals surface area contributed by atoms with Crippen molar-refractivity contribution in [2.45, 2.75) is 362 Å². The first-order chi connectivity index (χ1) is 51.3. The molecule has 600 valence electrons. The second kappa shape index (κ2) is 64.5. The highest BCUT2D eigenvalue weighted by molar-refractivity contribution is 5.76. The summed E-state index contributed by atoms with van der Waals surface area (Å²) in [4.78, 5) is 13.5. The Hall–Kier alpha value is -4.33. The van der Waals surface area contributed by atoms with Gasteiger partial charge < -0.3 is 89.9 Å². The molecular formula is C86H143NO18. The highest BCUT2D eigenvalue weighted by Crippen LogP contribution is 2.33. The lowest BCUT2D eigenvalue weighted by atomic mass is 9.96. The lowest BCUT2D eigenvalue weighted by Crippen LogP contribution is -2.66. The third-order valence-corrected chi connectivity index (χ3v) is 19.1. The molecule has 105 heavy (non-hydrogen) atoms. The molecule has 3 saturated heterocycles. The molecule has 3 heterocycles. The van der Waals surface area contributed by atoms with E-state index in [2.05, 4.69) is 153 Å². The van der Waals surface area contributed by atoms with Crippen LogP contribution in [0.3, 0.4) is 0 Å². The SMILES string of the molecule is CC/C=C\C/C=C\C/C=C\C/C=C\C/C=C\C/C=C\C/C=C\C/C=C\C/C=C\CCCCCCCCCCCCCCCC(=O)NC(COC1OC(CO)C(OC2OC(CO)C(OC3OC(CO)C(O)C(O)C3O)C(O)C2O)C(O)C1O)C(O)/C=C/CC/C=C/CC/C=C/CCCCCCCCCCC. The molecule has 19 nitrogen and oxygen atoms in total. The predicted octanol–water partition coefficient (Wildman–Crippen LogP) is 13.8. The molecule has 3 aliphatic heterocycles. The van der Waals surface area contributed by atoms with E-state index in [1.54, 1.807) is 6.08 Å². The van der Waals surface area contributed by atoms with Crippen LogP contribution in [0.1, 0.15) is 258 Å². The van der Waals surface area contributed by atoms with Crippen molar-refractivity contribution in [1.82, 2.24) is 5.32 Å². The first-order valence-corrected chi connectivity index (χ1v) is 40.6. The van der Waals surface area contributed by atoms with Gasteiger partial charge in [-0.05, 0) is 116 Å². The first-order valence-electron chi connectivity index (χ1n) is 40.6. The molecule has 3 rings (SSSR count). The van der Waals surface area contributed by atoms with Gasteiger partial charge in [-0.1, -0.05) is 282 Å². The van der Waals surface area contributed by atoms with E-state index in [9.17, 15) is 61.0 Å². The fourth-order valence-corrected chi connectivity index (χ4v) is 12.6. The van der Waals surface area contributed by atoms with Crippen molar-refractivity contribution < 1.29 is 89.4 Å². The van der Waals surface area contributed by atoms with Gasteiger partial charge in [0.2, 0.25) is 5.91 Å². The van der Waals surface area contributed by atoms with Gasteiger partial charge in [0.25, 0.3) is 0 Å². The van der Waals surface area contributed by atoms with Crippen molar-refractivity contribution in [2.75, 3.05) is 26.4 Å². The highest BCUT2D eigenvalue weighted by atomic mass is 16.8. The van der Waals surface area contributed by atoms with Crippen molar-refractivity contribution >= 4 is 5.91 Å². The molecule has 0 saturated carbocycles.